The molecular weight excluding hydrogens is 404 g/mol. The van der Waals surface area contributed by atoms with Gasteiger partial charge < -0.3 is 19.0 Å². The molecule has 168 valence electrons. The number of hydrogen-bond donors (Lipinski definition) is 0. The highest BCUT2D eigenvalue weighted by molar-refractivity contribution is 5.96. The van der Waals surface area contributed by atoms with Crippen LogP contribution >= 0.6 is 0 Å². The lowest BCUT2D eigenvalue weighted by Gasteiger charge is -2.27. The Balaban J connectivity index is 1.77. The molecule has 1 heterocycles. The molecule has 0 fully saturated rings. The van der Waals surface area contributed by atoms with Crippen molar-refractivity contribution in [3.8, 4) is 5.75 Å². The van der Waals surface area contributed by atoms with Crippen LogP contribution in [0.2, 0.25) is 0 Å². The van der Waals surface area contributed by atoms with Gasteiger partial charge in [0.1, 0.15) is 23.8 Å². The zero-order valence-electron chi connectivity index (χ0n) is 18.9. The molecule has 0 aliphatic carbocycles. The molecule has 6 nitrogen and oxygen atoms in total. The molecule has 0 aliphatic heterocycles. The second-order valence-corrected chi connectivity index (χ2v) is 7.70. The summed E-state index contributed by atoms with van der Waals surface area (Å²) in [5.41, 5.74) is 1.55. The number of nitrogens with zero attached hydrogens (tertiary/aromatic N) is 2. The van der Waals surface area contributed by atoms with Crippen molar-refractivity contribution in [2.75, 3.05) is 20.2 Å². The normalized spacial score (nSPS) is 10.6. The summed E-state index contributed by atoms with van der Waals surface area (Å²) in [6.07, 6.45) is 0.755. The summed E-state index contributed by atoms with van der Waals surface area (Å²) >= 11 is 0. The van der Waals surface area contributed by atoms with Crippen molar-refractivity contribution >= 4 is 11.8 Å². The van der Waals surface area contributed by atoms with Crippen LogP contribution in [0.15, 0.2) is 71.1 Å². The summed E-state index contributed by atoms with van der Waals surface area (Å²) in [7, 11) is 1.58. The van der Waals surface area contributed by atoms with Crippen LogP contribution in [0.5, 0.6) is 5.75 Å². The number of rotatable bonds is 10. The van der Waals surface area contributed by atoms with E-state index < -0.39 is 0 Å². The van der Waals surface area contributed by atoms with E-state index in [0.29, 0.717) is 30.9 Å². The van der Waals surface area contributed by atoms with Crippen LogP contribution in [0.4, 0.5) is 0 Å². The fourth-order valence-corrected chi connectivity index (χ4v) is 3.50. The van der Waals surface area contributed by atoms with Crippen LogP contribution in [0.3, 0.4) is 0 Å². The van der Waals surface area contributed by atoms with Crippen LogP contribution in [0.25, 0.3) is 0 Å². The first kappa shape index (κ1) is 23.1. The number of benzene rings is 2. The zero-order valence-corrected chi connectivity index (χ0v) is 18.9. The minimum absolute atomic E-state index is 0.00519. The Bertz CT molecular complexity index is 1010. The average molecular weight is 435 g/mol. The standard InChI is InChI=1S/C26H30N2O4/c1-4-16-27(26(30)22-11-14-23(31-3)15-12-22)19-25(29)28(17-21-8-6-5-7-9-21)18-24-13-10-20(2)32-24/h5-15H,4,16-19H2,1-3H3. The van der Waals surface area contributed by atoms with Crippen LogP contribution in [-0.4, -0.2) is 41.8 Å². The number of ether oxygens (including phenoxy) is 1. The minimum atomic E-state index is -0.170. The third-order valence-electron chi connectivity index (χ3n) is 5.16. The molecule has 2 aromatic carbocycles. The first-order valence-electron chi connectivity index (χ1n) is 10.8. The van der Waals surface area contributed by atoms with Gasteiger partial charge in [-0.3, -0.25) is 9.59 Å². The fraction of sp³-hybridized carbons (Fsp3) is 0.308. The van der Waals surface area contributed by atoms with E-state index in [1.54, 1.807) is 41.2 Å². The Morgan fingerprint density at radius 3 is 2.22 bits per heavy atom. The molecule has 0 unspecified atom stereocenters. The molecule has 6 heteroatoms. The average Bonchev–Trinajstić information content (AvgIpc) is 3.23. The number of carbonyl (C=O) groups is 2. The van der Waals surface area contributed by atoms with E-state index in [1.165, 1.54) is 0 Å². The van der Waals surface area contributed by atoms with E-state index >= 15 is 0 Å². The molecule has 3 rings (SSSR count). The monoisotopic (exact) mass is 434 g/mol. The molecule has 2 amide bonds. The van der Waals surface area contributed by atoms with Crippen molar-refractivity contribution in [3.05, 3.63) is 89.4 Å². The Morgan fingerprint density at radius 2 is 1.62 bits per heavy atom. The van der Waals surface area contributed by atoms with Crippen molar-refractivity contribution < 1.29 is 18.7 Å². The first-order chi connectivity index (χ1) is 15.5. The van der Waals surface area contributed by atoms with Gasteiger partial charge in [0.05, 0.1) is 13.7 Å². The molecule has 1 aromatic heterocycles. The quantitative estimate of drug-likeness (QED) is 0.465. The number of carbonyl (C=O) groups excluding carboxylic acids is 2. The summed E-state index contributed by atoms with van der Waals surface area (Å²) in [4.78, 5) is 29.8. The largest absolute Gasteiger partial charge is 0.497 e. The van der Waals surface area contributed by atoms with E-state index in [1.807, 2.05) is 56.3 Å². The van der Waals surface area contributed by atoms with Crippen molar-refractivity contribution in [3.63, 3.8) is 0 Å². The van der Waals surface area contributed by atoms with E-state index in [0.717, 1.165) is 23.5 Å². The third kappa shape index (κ3) is 6.23. The number of aryl methyl sites for hydroxylation is 1. The van der Waals surface area contributed by atoms with E-state index in [2.05, 4.69) is 0 Å². The van der Waals surface area contributed by atoms with Crippen molar-refractivity contribution in [2.24, 2.45) is 0 Å². The second kappa shape index (κ2) is 11.2. The minimum Gasteiger partial charge on any atom is -0.497 e. The van der Waals surface area contributed by atoms with Gasteiger partial charge in [-0.15, -0.1) is 0 Å². The molecule has 0 bridgehead atoms. The second-order valence-electron chi connectivity index (χ2n) is 7.70. The van der Waals surface area contributed by atoms with Gasteiger partial charge in [-0.05, 0) is 55.3 Å². The maximum absolute atomic E-state index is 13.4. The summed E-state index contributed by atoms with van der Waals surface area (Å²) < 4.78 is 10.9. The van der Waals surface area contributed by atoms with Gasteiger partial charge in [0.15, 0.2) is 0 Å². The first-order valence-corrected chi connectivity index (χ1v) is 10.8. The molecule has 0 saturated heterocycles. The molecule has 0 atom stereocenters. The molecule has 0 radical (unpaired) electrons. The van der Waals surface area contributed by atoms with E-state index in [9.17, 15) is 9.59 Å². The molecule has 0 saturated carbocycles. The summed E-state index contributed by atoms with van der Waals surface area (Å²) in [5.74, 6) is 1.90. The van der Waals surface area contributed by atoms with Gasteiger partial charge in [-0.25, -0.2) is 0 Å². The Morgan fingerprint density at radius 1 is 0.906 bits per heavy atom. The van der Waals surface area contributed by atoms with Crippen LogP contribution in [0.1, 0.15) is 40.8 Å². The van der Waals surface area contributed by atoms with Gasteiger partial charge in [0.25, 0.3) is 5.91 Å². The Labute approximate surface area is 189 Å². The molecule has 3 aromatic rings. The molecule has 0 spiro atoms. The Kier molecular flexibility index (Phi) is 8.08. The van der Waals surface area contributed by atoms with Crippen LogP contribution < -0.4 is 4.74 Å². The molecular formula is C26H30N2O4. The van der Waals surface area contributed by atoms with Crippen molar-refractivity contribution in [1.82, 2.24) is 9.80 Å². The number of hydrogen-bond acceptors (Lipinski definition) is 4. The number of furan rings is 1. The zero-order chi connectivity index (χ0) is 22.9. The Hall–Kier alpha value is -3.54. The predicted molar refractivity (Wildman–Crippen MR) is 123 cm³/mol. The highest BCUT2D eigenvalue weighted by Gasteiger charge is 2.23. The van der Waals surface area contributed by atoms with Crippen LogP contribution in [-0.2, 0) is 17.9 Å². The smallest absolute Gasteiger partial charge is 0.254 e. The maximum atomic E-state index is 13.4. The van der Waals surface area contributed by atoms with E-state index in [-0.39, 0.29) is 18.4 Å². The highest BCUT2D eigenvalue weighted by Crippen LogP contribution is 2.16. The summed E-state index contributed by atoms with van der Waals surface area (Å²) in [6, 6.07) is 20.5. The lowest BCUT2D eigenvalue weighted by molar-refractivity contribution is -0.133. The fourth-order valence-electron chi connectivity index (χ4n) is 3.50. The lowest BCUT2D eigenvalue weighted by Crippen LogP contribution is -2.42. The molecule has 32 heavy (non-hydrogen) atoms. The van der Waals surface area contributed by atoms with E-state index in [4.69, 9.17) is 9.15 Å². The SMILES string of the molecule is CCCN(CC(=O)N(Cc1ccccc1)Cc1ccc(C)o1)C(=O)c1ccc(OC)cc1. The highest BCUT2D eigenvalue weighted by atomic mass is 16.5. The number of amides is 2. The van der Waals surface area contributed by atoms with Crippen molar-refractivity contribution in [1.29, 1.82) is 0 Å². The topological polar surface area (TPSA) is 63.0 Å². The van der Waals surface area contributed by atoms with Gasteiger partial charge in [0.2, 0.25) is 5.91 Å². The summed E-state index contributed by atoms with van der Waals surface area (Å²) in [6.45, 7) is 5.16. The van der Waals surface area contributed by atoms with Gasteiger partial charge in [0, 0.05) is 18.7 Å². The van der Waals surface area contributed by atoms with Gasteiger partial charge in [-0.1, -0.05) is 37.3 Å². The number of methoxy groups -OCH3 is 1. The maximum Gasteiger partial charge on any atom is 0.254 e. The lowest BCUT2D eigenvalue weighted by atomic mass is 10.1. The summed E-state index contributed by atoms with van der Waals surface area (Å²) in [5, 5.41) is 0. The van der Waals surface area contributed by atoms with Gasteiger partial charge in [-0.2, -0.15) is 0 Å². The molecule has 0 aliphatic rings. The molecule has 0 N–H and O–H groups in total. The van der Waals surface area contributed by atoms with Crippen LogP contribution in [0, 0.1) is 6.92 Å². The third-order valence-corrected chi connectivity index (χ3v) is 5.16. The predicted octanol–water partition coefficient (Wildman–Crippen LogP) is 4.68. The van der Waals surface area contributed by atoms with Crippen molar-refractivity contribution in [2.45, 2.75) is 33.4 Å². The van der Waals surface area contributed by atoms with Gasteiger partial charge >= 0.3 is 0 Å².